The van der Waals surface area contributed by atoms with E-state index in [4.69, 9.17) is 21.1 Å². The smallest absolute Gasteiger partial charge is 0.410 e. The molecule has 1 saturated heterocycles. The number of allylic oxidation sites excluding steroid dienone is 1. The van der Waals surface area contributed by atoms with Crippen molar-refractivity contribution in [3.63, 3.8) is 0 Å². The number of ether oxygens (including phenoxy) is 2. The van der Waals surface area contributed by atoms with Crippen molar-refractivity contribution >= 4 is 45.2 Å². The highest BCUT2D eigenvalue weighted by Gasteiger charge is 2.42. The second kappa shape index (κ2) is 13.1. The number of pyridine rings is 2. The zero-order chi connectivity index (χ0) is 31.4. The van der Waals surface area contributed by atoms with Crippen LogP contribution < -0.4 is 10.0 Å². The van der Waals surface area contributed by atoms with Gasteiger partial charge in [0.25, 0.3) is 15.9 Å². The molecule has 4 heterocycles. The van der Waals surface area contributed by atoms with E-state index in [0.717, 1.165) is 32.1 Å². The first-order valence-electron chi connectivity index (χ1n) is 14.4. The summed E-state index contributed by atoms with van der Waals surface area (Å²) in [5.41, 5.74) is -0.453. The standard InChI is InChI=1S/C30H40ClN5O6S/c1-29(2,3)42-28(38)36-19-20(18-30(36,4)5)10-9-16-32-24-12-8-13-25(34-24)43(39,40)35-27(37)21-14-15-22(33-26(21)31)23-11-6-7-17-41-23/h8,11-15,20H,6-7,9-10,16-19H2,1-5H3,(H,32,34)(H,35,37)/t20-/m0/s1. The molecule has 0 aliphatic carbocycles. The van der Waals surface area contributed by atoms with E-state index in [1.165, 1.54) is 12.1 Å². The minimum absolute atomic E-state index is 0.0833. The van der Waals surface area contributed by atoms with Gasteiger partial charge in [-0.15, -0.1) is 0 Å². The van der Waals surface area contributed by atoms with Gasteiger partial charge in [-0.2, -0.15) is 8.42 Å². The van der Waals surface area contributed by atoms with E-state index in [2.05, 4.69) is 15.3 Å². The summed E-state index contributed by atoms with van der Waals surface area (Å²) >= 11 is 6.23. The number of hydrogen-bond donors (Lipinski definition) is 2. The fraction of sp³-hybridized carbons (Fsp3) is 0.533. The Labute approximate surface area is 258 Å². The highest BCUT2D eigenvalue weighted by Crippen LogP contribution is 2.36. The first-order chi connectivity index (χ1) is 20.1. The summed E-state index contributed by atoms with van der Waals surface area (Å²) in [6.45, 7) is 11.4. The van der Waals surface area contributed by atoms with E-state index < -0.39 is 21.5 Å². The van der Waals surface area contributed by atoms with Gasteiger partial charge in [-0.05, 0) is 103 Å². The lowest BCUT2D eigenvalue weighted by atomic mass is 9.93. The van der Waals surface area contributed by atoms with Gasteiger partial charge in [0.1, 0.15) is 28.0 Å². The monoisotopic (exact) mass is 633 g/mol. The molecule has 13 heteroatoms. The average Bonchev–Trinajstić information content (AvgIpc) is 3.24. The second-order valence-electron chi connectivity index (χ2n) is 12.4. The van der Waals surface area contributed by atoms with Crippen LogP contribution in [0.25, 0.3) is 5.76 Å². The normalized spacial score (nSPS) is 18.4. The third-order valence-electron chi connectivity index (χ3n) is 7.18. The van der Waals surface area contributed by atoms with E-state index in [1.807, 2.05) is 45.4 Å². The fourth-order valence-electron chi connectivity index (χ4n) is 5.19. The Kier molecular flexibility index (Phi) is 9.90. The third-order valence-corrected chi connectivity index (χ3v) is 8.70. The first-order valence-corrected chi connectivity index (χ1v) is 16.3. The summed E-state index contributed by atoms with van der Waals surface area (Å²) in [5.74, 6) is 0.350. The van der Waals surface area contributed by atoms with Crippen LogP contribution in [0, 0.1) is 5.92 Å². The zero-order valence-electron chi connectivity index (χ0n) is 25.3. The molecular weight excluding hydrogens is 594 g/mol. The minimum atomic E-state index is -4.28. The van der Waals surface area contributed by atoms with Crippen LogP contribution in [0.4, 0.5) is 10.6 Å². The molecular formula is C30H40ClN5O6S. The van der Waals surface area contributed by atoms with Crippen molar-refractivity contribution in [1.29, 1.82) is 0 Å². The Morgan fingerprint density at radius 2 is 1.95 bits per heavy atom. The number of rotatable bonds is 9. The Balaban J connectivity index is 1.30. The molecule has 0 unspecified atom stereocenters. The number of halogens is 1. The molecule has 11 nitrogen and oxygen atoms in total. The number of anilines is 1. The van der Waals surface area contributed by atoms with Crippen LogP contribution in [0.3, 0.4) is 0 Å². The molecule has 0 bridgehead atoms. The van der Waals surface area contributed by atoms with Crippen LogP contribution in [0.15, 0.2) is 41.4 Å². The van der Waals surface area contributed by atoms with Crippen LogP contribution in [-0.2, 0) is 19.5 Å². The van der Waals surface area contributed by atoms with Gasteiger partial charge < -0.3 is 19.7 Å². The molecule has 2 aliphatic rings. The van der Waals surface area contributed by atoms with Gasteiger partial charge in [0.2, 0.25) is 0 Å². The molecule has 2 aliphatic heterocycles. The maximum absolute atomic E-state index is 13.0. The zero-order valence-corrected chi connectivity index (χ0v) is 26.8. The molecule has 2 aromatic rings. The molecule has 2 aromatic heterocycles. The SMILES string of the molecule is CC(C)(C)OC(=O)N1C[C@@H](CCCNc2cccc(S(=O)(=O)NC(=O)c3ccc(C4=CCCCO4)nc3Cl)n2)CC1(C)C. The number of hydrogen-bond acceptors (Lipinski definition) is 9. The van der Waals surface area contributed by atoms with E-state index >= 15 is 0 Å². The Morgan fingerprint density at radius 1 is 1.19 bits per heavy atom. The molecule has 1 atom stereocenters. The van der Waals surface area contributed by atoms with Gasteiger partial charge in [0.15, 0.2) is 5.03 Å². The maximum Gasteiger partial charge on any atom is 0.410 e. The average molecular weight is 634 g/mol. The van der Waals surface area contributed by atoms with Gasteiger partial charge in [-0.25, -0.2) is 19.5 Å². The van der Waals surface area contributed by atoms with E-state index in [0.29, 0.717) is 42.9 Å². The summed E-state index contributed by atoms with van der Waals surface area (Å²) in [5, 5.41) is 2.71. The van der Waals surface area contributed by atoms with Gasteiger partial charge in [-0.1, -0.05) is 17.7 Å². The summed E-state index contributed by atoms with van der Waals surface area (Å²) in [4.78, 5) is 35.7. The summed E-state index contributed by atoms with van der Waals surface area (Å²) < 4.78 is 39.1. The van der Waals surface area contributed by atoms with Crippen LogP contribution in [0.1, 0.15) is 82.8 Å². The molecule has 43 heavy (non-hydrogen) atoms. The van der Waals surface area contributed by atoms with Crippen LogP contribution in [-0.4, -0.2) is 66.1 Å². The van der Waals surface area contributed by atoms with Crippen molar-refractivity contribution in [1.82, 2.24) is 19.6 Å². The van der Waals surface area contributed by atoms with E-state index in [-0.39, 0.29) is 27.4 Å². The Morgan fingerprint density at radius 3 is 2.63 bits per heavy atom. The Bertz CT molecular complexity index is 1490. The number of aromatic nitrogens is 2. The van der Waals surface area contributed by atoms with Crippen LogP contribution >= 0.6 is 11.6 Å². The number of likely N-dealkylation sites (tertiary alicyclic amines) is 1. The summed E-state index contributed by atoms with van der Waals surface area (Å²) in [6, 6.07) is 7.49. The first kappa shape index (κ1) is 32.5. The largest absolute Gasteiger partial charge is 0.492 e. The lowest BCUT2D eigenvalue weighted by Crippen LogP contribution is -2.45. The third kappa shape index (κ3) is 8.60. The molecule has 0 aromatic carbocycles. The molecule has 234 valence electrons. The highest BCUT2D eigenvalue weighted by atomic mass is 35.5. The van der Waals surface area contributed by atoms with Crippen molar-refractivity contribution in [3.8, 4) is 0 Å². The number of carbonyl (C=O) groups excluding carboxylic acids is 2. The lowest BCUT2D eigenvalue weighted by molar-refractivity contribution is 0.0130. The predicted octanol–water partition coefficient (Wildman–Crippen LogP) is 5.63. The Hall–Kier alpha value is -3.38. The number of nitrogens with one attached hydrogen (secondary N) is 2. The predicted molar refractivity (Wildman–Crippen MR) is 164 cm³/mol. The van der Waals surface area contributed by atoms with Gasteiger partial charge >= 0.3 is 6.09 Å². The number of sulfonamides is 1. The number of amides is 2. The van der Waals surface area contributed by atoms with Gasteiger partial charge in [0.05, 0.1) is 12.2 Å². The molecule has 2 N–H and O–H groups in total. The van der Waals surface area contributed by atoms with Crippen molar-refractivity contribution < 1.29 is 27.5 Å². The maximum atomic E-state index is 13.0. The quantitative estimate of drug-likeness (QED) is 0.266. The van der Waals surface area contributed by atoms with Gasteiger partial charge in [-0.3, -0.25) is 4.79 Å². The van der Waals surface area contributed by atoms with E-state index in [9.17, 15) is 18.0 Å². The molecule has 0 saturated carbocycles. The van der Waals surface area contributed by atoms with Crippen molar-refractivity contribution in [2.24, 2.45) is 5.92 Å². The van der Waals surface area contributed by atoms with Crippen LogP contribution in [0.2, 0.25) is 5.15 Å². The summed E-state index contributed by atoms with van der Waals surface area (Å²) in [6.07, 6.45) is 5.90. The lowest BCUT2D eigenvalue weighted by Gasteiger charge is -2.33. The second-order valence-corrected chi connectivity index (χ2v) is 14.4. The molecule has 1 fully saturated rings. The molecule has 4 rings (SSSR count). The number of nitrogens with zero attached hydrogens (tertiary/aromatic N) is 3. The molecule has 2 amide bonds. The topological polar surface area (TPSA) is 140 Å². The van der Waals surface area contributed by atoms with Crippen molar-refractivity contribution in [2.45, 2.75) is 82.9 Å². The molecule has 0 radical (unpaired) electrons. The fourth-order valence-corrected chi connectivity index (χ4v) is 6.37. The van der Waals surface area contributed by atoms with Crippen molar-refractivity contribution in [2.75, 3.05) is 25.0 Å². The summed E-state index contributed by atoms with van der Waals surface area (Å²) in [7, 11) is -4.28. The molecule has 0 spiro atoms. The van der Waals surface area contributed by atoms with Gasteiger partial charge in [0, 0.05) is 18.6 Å². The van der Waals surface area contributed by atoms with Crippen LogP contribution in [0.5, 0.6) is 0 Å². The van der Waals surface area contributed by atoms with E-state index in [1.54, 1.807) is 23.1 Å². The highest BCUT2D eigenvalue weighted by molar-refractivity contribution is 7.90. The minimum Gasteiger partial charge on any atom is -0.492 e. The number of carbonyl (C=O) groups is 2. The van der Waals surface area contributed by atoms with Crippen molar-refractivity contribution in [3.05, 3.63) is 52.8 Å².